The summed E-state index contributed by atoms with van der Waals surface area (Å²) in [5.74, 6) is 0. The topological polar surface area (TPSA) is 15.4 Å². The highest BCUT2D eigenvalue weighted by Gasteiger charge is 1.77. The zero-order valence-electron chi connectivity index (χ0n) is 5.05. The van der Waals surface area contributed by atoms with Crippen LogP contribution in [0.1, 0.15) is 13.8 Å². The van der Waals surface area contributed by atoms with Gasteiger partial charge in [-0.3, -0.25) is 0 Å². The van der Waals surface area contributed by atoms with Crippen molar-refractivity contribution in [2.45, 2.75) is 13.8 Å². The van der Waals surface area contributed by atoms with Crippen LogP contribution in [0.2, 0.25) is 0 Å². The maximum absolute atomic E-state index is 3.90. The number of rotatable bonds is 1. The van der Waals surface area contributed by atoms with Crippen molar-refractivity contribution in [1.82, 2.24) is 0 Å². The third-order valence-corrected chi connectivity index (χ3v) is 0.671. The van der Waals surface area contributed by atoms with Gasteiger partial charge in [0.1, 0.15) is 0 Å². The lowest BCUT2D eigenvalue weighted by molar-refractivity contribution is -0.497. The van der Waals surface area contributed by atoms with E-state index < -0.39 is 0 Å². The fourth-order valence-electron chi connectivity index (χ4n) is 0.249. The monoisotopic (exact) mass is 99.1 g/mol. The molecule has 0 aromatic rings. The summed E-state index contributed by atoms with van der Waals surface area (Å²) in [6.07, 6.45) is 3.64. The van der Waals surface area contributed by atoms with Gasteiger partial charge in [-0.05, 0) is 12.0 Å². The van der Waals surface area contributed by atoms with E-state index in [-0.39, 0.29) is 0 Å². The zero-order chi connectivity index (χ0) is 5.70. The minimum absolute atomic E-state index is 1.75. The summed E-state index contributed by atoms with van der Waals surface area (Å²) in [6, 6.07) is 0. The lowest BCUT2D eigenvalue weighted by Crippen LogP contribution is -1.93. The van der Waals surface area contributed by atoms with Gasteiger partial charge in [-0.25, -0.2) is 0 Å². The molecule has 2 heteroatoms. The van der Waals surface area contributed by atoms with Crippen LogP contribution < -0.4 is 0 Å². The van der Waals surface area contributed by atoms with Crippen molar-refractivity contribution in [3.63, 3.8) is 0 Å². The molecule has 0 fully saturated rings. The molecule has 2 nitrogen and oxygen atoms in total. The molecule has 0 aliphatic heterocycles. The number of hydrogen-bond acceptors (Lipinski definition) is 1. The first-order chi connectivity index (χ1) is 3.31. The van der Waals surface area contributed by atoms with Crippen LogP contribution in [-0.2, 0) is 0 Å². The molecule has 0 saturated heterocycles. The Labute approximate surface area is 44.2 Å². The van der Waals surface area contributed by atoms with Gasteiger partial charge in [0.05, 0.1) is 6.21 Å². The second-order valence-electron chi connectivity index (χ2n) is 1.21. The zero-order valence-corrected chi connectivity index (χ0v) is 5.05. The highest BCUT2D eigenvalue weighted by molar-refractivity contribution is 5.53. The molecule has 0 aliphatic carbocycles. The van der Waals surface area contributed by atoms with Crippen LogP contribution in [0.3, 0.4) is 0 Å². The number of nitrogens with zero attached hydrogens (tertiary/aromatic N) is 2. The normalized spacial score (nSPS) is 13.3. The van der Waals surface area contributed by atoms with Crippen LogP contribution >= 0.6 is 0 Å². The van der Waals surface area contributed by atoms with E-state index in [4.69, 9.17) is 0 Å². The largest absolute Gasteiger partial charge is 0.169 e. The Kier molecular flexibility index (Phi) is 3.19. The number of hydrogen-bond donors (Lipinski definition) is 0. The SMILES string of the molecule is CC=N[N+](C)=CC. The summed E-state index contributed by atoms with van der Waals surface area (Å²) < 4.78 is 1.75. The fraction of sp³-hybridized carbons (Fsp3) is 0.600. The molecular weight excluding hydrogens is 88.1 g/mol. The lowest BCUT2D eigenvalue weighted by Gasteiger charge is -1.75. The molecule has 0 amide bonds. The quantitative estimate of drug-likeness (QED) is 0.261. The molecule has 0 heterocycles. The van der Waals surface area contributed by atoms with Gasteiger partial charge in [0.2, 0.25) is 0 Å². The molecule has 0 rings (SSSR count). The Morgan fingerprint density at radius 2 is 2.00 bits per heavy atom. The van der Waals surface area contributed by atoms with Crippen LogP contribution in [0.5, 0.6) is 0 Å². The maximum Gasteiger partial charge on any atom is 0.169 e. The molecule has 0 radical (unpaired) electrons. The van der Waals surface area contributed by atoms with Gasteiger partial charge in [-0.2, -0.15) is 0 Å². The van der Waals surface area contributed by atoms with Crippen molar-refractivity contribution in [3.8, 4) is 0 Å². The van der Waals surface area contributed by atoms with E-state index in [1.807, 2.05) is 27.1 Å². The van der Waals surface area contributed by atoms with E-state index in [1.165, 1.54) is 0 Å². The second-order valence-corrected chi connectivity index (χ2v) is 1.21. The van der Waals surface area contributed by atoms with Crippen LogP contribution in [0.25, 0.3) is 0 Å². The van der Waals surface area contributed by atoms with Crippen LogP contribution in [0.15, 0.2) is 5.10 Å². The molecule has 7 heavy (non-hydrogen) atoms. The van der Waals surface area contributed by atoms with E-state index in [9.17, 15) is 0 Å². The minimum Gasteiger partial charge on any atom is -0.0987 e. The lowest BCUT2D eigenvalue weighted by atomic mass is 10.8. The molecule has 0 unspecified atom stereocenters. The van der Waals surface area contributed by atoms with Crippen molar-refractivity contribution < 1.29 is 4.68 Å². The van der Waals surface area contributed by atoms with E-state index in [1.54, 1.807) is 10.9 Å². The van der Waals surface area contributed by atoms with Gasteiger partial charge < -0.3 is 0 Å². The molecule has 0 spiro atoms. The first-order valence-electron chi connectivity index (χ1n) is 2.32. The van der Waals surface area contributed by atoms with Crippen molar-refractivity contribution in [1.29, 1.82) is 0 Å². The third-order valence-electron chi connectivity index (χ3n) is 0.671. The average Bonchev–Trinajstić information content (AvgIpc) is 1.68. The first kappa shape index (κ1) is 6.34. The van der Waals surface area contributed by atoms with Crippen molar-refractivity contribution >= 4 is 12.4 Å². The summed E-state index contributed by atoms with van der Waals surface area (Å²) >= 11 is 0. The van der Waals surface area contributed by atoms with Gasteiger partial charge in [-0.1, -0.05) is 4.68 Å². The summed E-state index contributed by atoms with van der Waals surface area (Å²) in [7, 11) is 1.89. The Balaban J connectivity index is 3.58. The molecule has 0 bridgehead atoms. The maximum atomic E-state index is 3.90. The van der Waals surface area contributed by atoms with Crippen molar-refractivity contribution in [3.05, 3.63) is 0 Å². The molecule has 0 N–H and O–H groups in total. The van der Waals surface area contributed by atoms with Gasteiger partial charge >= 0.3 is 0 Å². The molecule has 40 valence electrons. The van der Waals surface area contributed by atoms with Crippen LogP contribution in [0, 0.1) is 0 Å². The predicted molar refractivity (Wildman–Crippen MR) is 32.1 cm³/mol. The molecule has 0 aromatic carbocycles. The van der Waals surface area contributed by atoms with Gasteiger partial charge in [0, 0.05) is 6.92 Å². The summed E-state index contributed by atoms with van der Waals surface area (Å²) in [4.78, 5) is 0. The summed E-state index contributed by atoms with van der Waals surface area (Å²) in [6.45, 7) is 3.83. The molecule has 0 aromatic heterocycles. The Hall–Kier alpha value is -0.660. The van der Waals surface area contributed by atoms with E-state index in [0.29, 0.717) is 0 Å². The molecule has 0 aliphatic rings. The molecule has 0 saturated carbocycles. The van der Waals surface area contributed by atoms with Crippen molar-refractivity contribution in [2.75, 3.05) is 7.05 Å². The fourth-order valence-corrected chi connectivity index (χ4v) is 0.249. The standard InChI is InChI=1S/C5H11N2/c1-4-6-7(3)5-2/h4-5H,1-3H3/q+1. The van der Waals surface area contributed by atoms with Crippen molar-refractivity contribution in [2.24, 2.45) is 5.10 Å². The summed E-state index contributed by atoms with van der Waals surface area (Å²) in [5, 5.41) is 3.90. The minimum atomic E-state index is 1.75. The van der Waals surface area contributed by atoms with Crippen LogP contribution in [0.4, 0.5) is 0 Å². The van der Waals surface area contributed by atoms with E-state index in [2.05, 4.69) is 5.10 Å². The predicted octanol–water partition coefficient (Wildman–Crippen LogP) is 0.725. The Bertz CT molecular complexity index is 92.3. The second kappa shape index (κ2) is 3.53. The average molecular weight is 99.2 g/mol. The first-order valence-corrected chi connectivity index (χ1v) is 2.32. The summed E-state index contributed by atoms with van der Waals surface area (Å²) in [5.41, 5.74) is 0. The van der Waals surface area contributed by atoms with E-state index in [0.717, 1.165) is 0 Å². The van der Waals surface area contributed by atoms with Gasteiger partial charge in [-0.15, -0.1) is 0 Å². The third kappa shape index (κ3) is 3.16. The van der Waals surface area contributed by atoms with Gasteiger partial charge in [0.25, 0.3) is 0 Å². The Morgan fingerprint density at radius 3 is 2.14 bits per heavy atom. The Morgan fingerprint density at radius 1 is 1.43 bits per heavy atom. The van der Waals surface area contributed by atoms with Gasteiger partial charge in [0.15, 0.2) is 13.3 Å². The van der Waals surface area contributed by atoms with Crippen LogP contribution in [-0.4, -0.2) is 24.2 Å². The number of hydrazone groups is 1. The molecule has 0 atom stereocenters. The molecular formula is C5H11N2+. The highest BCUT2D eigenvalue weighted by atomic mass is 15.3. The highest BCUT2D eigenvalue weighted by Crippen LogP contribution is 1.61. The smallest absolute Gasteiger partial charge is 0.0987 e. The van der Waals surface area contributed by atoms with E-state index >= 15 is 0 Å².